The number of esters is 1. The van der Waals surface area contributed by atoms with E-state index in [-0.39, 0.29) is 23.5 Å². The summed E-state index contributed by atoms with van der Waals surface area (Å²) in [5.74, 6) is -1.81. The van der Waals surface area contributed by atoms with Crippen LogP contribution in [0.5, 0.6) is 0 Å². The highest BCUT2D eigenvalue weighted by Gasteiger charge is 2.47. The Balaban J connectivity index is 2.14. The average Bonchev–Trinajstić information content (AvgIpc) is 2.49. The summed E-state index contributed by atoms with van der Waals surface area (Å²) < 4.78 is 30.2. The quantitative estimate of drug-likeness (QED) is 0.797. The van der Waals surface area contributed by atoms with Gasteiger partial charge in [0.2, 0.25) is 0 Å². The minimum atomic E-state index is -3.68. The lowest BCUT2D eigenvalue weighted by atomic mass is 9.72. The molecule has 25 heavy (non-hydrogen) atoms. The molecule has 0 heterocycles. The molecule has 1 aromatic rings. The van der Waals surface area contributed by atoms with Gasteiger partial charge in [0.15, 0.2) is 21.2 Å². The lowest BCUT2D eigenvalue weighted by Gasteiger charge is -2.40. The van der Waals surface area contributed by atoms with E-state index < -0.39 is 38.7 Å². The van der Waals surface area contributed by atoms with Gasteiger partial charge in [0.1, 0.15) is 0 Å². The van der Waals surface area contributed by atoms with E-state index in [9.17, 15) is 23.1 Å². The molecule has 1 fully saturated rings. The number of carbonyl (C=O) groups is 2. The second-order valence-electron chi connectivity index (χ2n) is 7.12. The smallest absolute Gasteiger partial charge is 0.303 e. The second kappa shape index (κ2) is 6.88. The first-order chi connectivity index (χ1) is 11.5. The van der Waals surface area contributed by atoms with Crippen molar-refractivity contribution in [2.75, 3.05) is 5.75 Å². The largest absolute Gasteiger partial charge is 0.452 e. The Morgan fingerprint density at radius 3 is 2.48 bits per heavy atom. The highest BCUT2D eigenvalue weighted by atomic mass is 32.2. The van der Waals surface area contributed by atoms with Crippen LogP contribution in [-0.2, 0) is 24.2 Å². The predicted octanol–water partition coefficient (Wildman–Crippen LogP) is 1.90. The van der Waals surface area contributed by atoms with Crippen LogP contribution in [0.1, 0.15) is 40.0 Å². The molecular weight excluding hydrogens is 344 g/mol. The molecule has 1 aliphatic carbocycles. The molecule has 6 nitrogen and oxygen atoms in total. The van der Waals surface area contributed by atoms with E-state index in [0.717, 1.165) is 0 Å². The third-order valence-electron chi connectivity index (χ3n) is 4.82. The van der Waals surface area contributed by atoms with Crippen LogP contribution >= 0.6 is 0 Å². The van der Waals surface area contributed by atoms with Gasteiger partial charge in [-0.05, 0) is 44.7 Å². The van der Waals surface area contributed by atoms with Crippen molar-refractivity contribution in [3.63, 3.8) is 0 Å². The Bertz CT molecular complexity index is 753. The molecule has 0 aliphatic heterocycles. The fourth-order valence-electron chi connectivity index (χ4n) is 3.30. The van der Waals surface area contributed by atoms with E-state index in [4.69, 9.17) is 4.74 Å². The molecule has 0 unspecified atom stereocenters. The van der Waals surface area contributed by atoms with Crippen molar-refractivity contribution in [2.24, 2.45) is 5.92 Å². The molecular formula is C18H24O6S. The molecule has 3 atom stereocenters. The summed E-state index contributed by atoms with van der Waals surface area (Å²) in [5, 5.41) is 10.8. The van der Waals surface area contributed by atoms with Gasteiger partial charge in [0.05, 0.1) is 16.2 Å². The molecule has 0 amide bonds. The number of hydrogen-bond donors (Lipinski definition) is 1. The Labute approximate surface area is 148 Å². The maximum atomic E-state index is 12.5. The number of Topliss-reactive ketones (excluding diaryl/α,β-unsaturated/α-hetero) is 1. The first-order valence-electron chi connectivity index (χ1n) is 8.19. The number of benzene rings is 1. The molecule has 1 N–H and O–H groups in total. The Hall–Kier alpha value is -1.73. The lowest BCUT2D eigenvalue weighted by Crippen LogP contribution is -2.51. The molecule has 0 saturated heterocycles. The zero-order valence-electron chi connectivity index (χ0n) is 14.7. The maximum Gasteiger partial charge on any atom is 0.303 e. The maximum absolute atomic E-state index is 12.5. The minimum Gasteiger partial charge on any atom is -0.452 e. The van der Waals surface area contributed by atoms with Crippen LogP contribution in [0, 0.1) is 5.92 Å². The summed E-state index contributed by atoms with van der Waals surface area (Å²) in [6.45, 7) is 4.25. The van der Waals surface area contributed by atoms with Gasteiger partial charge in [0, 0.05) is 13.3 Å². The molecule has 2 rings (SSSR count). The predicted molar refractivity (Wildman–Crippen MR) is 91.6 cm³/mol. The van der Waals surface area contributed by atoms with Crippen LogP contribution in [0.4, 0.5) is 0 Å². The third kappa shape index (κ3) is 4.46. The van der Waals surface area contributed by atoms with Crippen LogP contribution in [0.2, 0.25) is 0 Å². The Morgan fingerprint density at radius 2 is 1.96 bits per heavy atom. The van der Waals surface area contributed by atoms with Crippen molar-refractivity contribution in [3.8, 4) is 0 Å². The number of aliphatic hydroxyl groups is 1. The van der Waals surface area contributed by atoms with E-state index in [1.165, 1.54) is 26.0 Å². The van der Waals surface area contributed by atoms with Crippen LogP contribution < -0.4 is 0 Å². The fourth-order valence-corrected chi connectivity index (χ4v) is 5.04. The SMILES string of the molecule is CC(=O)O[C@]1(C)CC[C@@H]([C@@](C)(O)CS(=O)(=O)c2ccccc2)CC1=O. The fraction of sp³-hybridized carbons (Fsp3) is 0.556. The zero-order chi connectivity index (χ0) is 18.9. The Morgan fingerprint density at radius 1 is 1.36 bits per heavy atom. The first kappa shape index (κ1) is 19.6. The van der Waals surface area contributed by atoms with Crippen molar-refractivity contribution in [1.82, 2.24) is 0 Å². The van der Waals surface area contributed by atoms with Crippen molar-refractivity contribution in [1.29, 1.82) is 0 Å². The highest BCUT2D eigenvalue weighted by Crippen LogP contribution is 2.38. The number of ketones is 1. The number of carbonyl (C=O) groups excluding carboxylic acids is 2. The number of sulfone groups is 1. The monoisotopic (exact) mass is 368 g/mol. The molecule has 1 saturated carbocycles. The lowest BCUT2D eigenvalue weighted by molar-refractivity contribution is -0.170. The average molecular weight is 368 g/mol. The van der Waals surface area contributed by atoms with Crippen molar-refractivity contribution < 1.29 is 27.9 Å². The van der Waals surface area contributed by atoms with Crippen molar-refractivity contribution in [2.45, 2.75) is 56.1 Å². The van der Waals surface area contributed by atoms with Gasteiger partial charge in [0.25, 0.3) is 0 Å². The minimum absolute atomic E-state index is 0.0267. The molecule has 138 valence electrons. The van der Waals surface area contributed by atoms with Crippen LogP contribution in [-0.4, -0.2) is 42.2 Å². The normalized spacial score (nSPS) is 26.7. The number of hydrogen-bond acceptors (Lipinski definition) is 6. The van der Waals surface area contributed by atoms with Crippen molar-refractivity contribution in [3.05, 3.63) is 30.3 Å². The van der Waals surface area contributed by atoms with Gasteiger partial charge < -0.3 is 9.84 Å². The summed E-state index contributed by atoms with van der Waals surface area (Å²) in [5.41, 5.74) is -2.75. The van der Waals surface area contributed by atoms with Crippen LogP contribution in [0.25, 0.3) is 0 Å². The molecule has 0 aromatic heterocycles. The molecule has 0 spiro atoms. The summed E-state index contributed by atoms with van der Waals surface area (Å²) in [4.78, 5) is 23.7. The van der Waals surface area contributed by atoms with Gasteiger partial charge in [-0.1, -0.05) is 18.2 Å². The summed E-state index contributed by atoms with van der Waals surface area (Å²) in [6.07, 6.45) is 0.630. The highest BCUT2D eigenvalue weighted by molar-refractivity contribution is 7.91. The molecule has 0 radical (unpaired) electrons. The summed E-state index contributed by atoms with van der Waals surface area (Å²) in [6, 6.07) is 7.92. The second-order valence-corrected chi connectivity index (χ2v) is 9.11. The van der Waals surface area contributed by atoms with Crippen LogP contribution in [0.15, 0.2) is 35.2 Å². The van der Waals surface area contributed by atoms with Crippen molar-refractivity contribution >= 4 is 21.6 Å². The van der Waals surface area contributed by atoms with E-state index >= 15 is 0 Å². The Kier molecular flexibility index (Phi) is 5.39. The first-order valence-corrected chi connectivity index (χ1v) is 9.85. The molecule has 1 aliphatic rings. The number of ether oxygens (including phenoxy) is 1. The van der Waals surface area contributed by atoms with Gasteiger partial charge in [-0.2, -0.15) is 0 Å². The molecule has 7 heteroatoms. The standard InChI is InChI=1S/C18H24O6S/c1-13(19)24-18(3)10-9-14(11-16(18)20)17(2,21)12-25(22,23)15-7-5-4-6-8-15/h4-8,14,21H,9-12H2,1-3H3/t14-,17+,18-/m1/s1. The summed E-state index contributed by atoms with van der Waals surface area (Å²) in [7, 11) is -3.68. The topological polar surface area (TPSA) is 97.7 Å². The van der Waals surface area contributed by atoms with Gasteiger partial charge in [-0.15, -0.1) is 0 Å². The van der Waals surface area contributed by atoms with Gasteiger partial charge >= 0.3 is 5.97 Å². The van der Waals surface area contributed by atoms with Gasteiger partial charge in [-0.3, -0.25) is 9.59 Å². The van der Waals surface area contributed by atoms with E-state index in [1.54, 1.807) is 25.1 Å². The molecule has 0 bridgehead atoms. The zero-order valence-corrected chi connectivity index (χ0v) is 15.5. The van der Waals surface area contributed by atoms with E-state index in [1.807, 2.05) is 0 Å². The van der Waals surface area contributed by atoms with E-state index in [0.29, 0.717) is 6.42 Å². The van der Waals surface area contributed by atoms with E-state index in [2.05, 4.69) is 0 Å². The number of rotatable bonds is 5. The van der Waals surface area contributed by atoms with Crippen LogP contribution in [0.3, 0.4) is 0 Å². The summed E-state index contributed by atoms with van der Waals surface area (Å²) >= 11 is 0. The molecule has 1 aromatic carbocycles. The van der Waals surface area contributed by atoms with Gasteiger partial charge in [-0.25, -0.2) is 8.42 Å². The third-order valence-corrected chi connectivity index (χ3v) is 6.78.